The molecule has 9 nitrogen and oxygen atoms in total. The minimum Gasteiger partial charge on any atom is -0.383 e. The van der Waals surface area contributed by atoms with Crippen molar-refractivity contribution in [1.29, 1.82) is 0 Å². The molecule has 0 spiro atoms. The average molecular weight is 464 g/mol. The molecule has 1 unspecified atom stereocenters. The minimum atomic E-state index is -5.01. The number of nitrogens with one attached hydrogen (secondary N) is 2. The van der Waals surface area contributed by atoms with E-state index < -0.39 is 46.5 Å². The third-order valence-corrected chi connectivity index (χ3v) is 5.93. The van der Waals surface area contributed by atoms with Gasteiger partial charge in [-0.1, -0.05) is 0 Å². The molecule has 1 heterocycles. The Labute approximate surface area is 177 Å². The zero-order valence-corrected chi connectivity index (χ0v) is 17.6. The lowest BCUT2D eigenvalue weighted by Gasteiger charge is -2.30. The molecule has 0 aliphatic heterocycles. The monoisotopic (exact) mass is 464 g/mol. The van der Waals surface area contributed by atoms with Crippen LogP contribution in [-0.4, -0.2) is 62.0 Å². The molecule has 1 aromatic carbocycles. The molecule has 2 rings (SSSR count). The van der Waals surface area contributed by atoms with Crippen molar-refractivity contribution in [1.82, 2.24) is 19.6 Å². The first-order valence-electron chi connectivity index (χ1n) is 9.06. The summed E-state index contributed by atoms with van der Waals surface area (Å²) in [4.78, 5) is 15.7. The number of rotatable bonds is 10. The van der Waals surface area contributed by atoms with Gasteiger partial charge in [-0.05, 0) is 24.3 Å². The van der Waals surface area contributed by atoms with Crippen LogP contribution in [0.2, 0.25) is 0 Å². The van der Waals surface area contributed by atoms with Crippen LogP contribution < -0.4 is 10.0 Å². The lowest BCUT2D eigenvalue weighted by atomic mass is 9.97. The molecule has 0 bridgehead atoms. The predicted molar refractivity (Wildman–Crippen MR) is 104 cm³/mol. The van der Waals surface area contributed by atoms with E-state index >= 15 is 0 Å². The van der Waals surface area contributed by atoms with E-state index in [2.05, 4.69) is 15.0 Å². The van der Waals surface area contributed by atoms with Crippen molar-refractivity contribution < 1.29 is 36.2 Å². The molecule has 13 heteroatoms. The molecule has 0 saturated carbocycles. The quantitative estimate of drug-likeness (QED) is 0.450. The molecule has 1 amide bonds. The number of ether oxygens (including phenoxy) is 1. The summed E-state index contributed by atoms with van der Waals surface area (Å²) in [5.74, 6) is -1.31. The van der Waals surface area contributed by atoms with Crippen molar-refractivity contribution >= 4 is 15.9 Å². The molecule has 0 fully saturated rings. The van der Waals surface area contributed by atoms with Crippen LogP contribution in [0.25, 0.3) is 0 Å². The van der Waals surface area contributed by atoms with Gasteiger partial charge in [-0.15, -0.1) is 0 Å². The fraction of sp³-hybridized carbons (Fsp3) is 0.444. The largest absolute Gasteiger partial charge is 0.424 e. The highest BCUT2D eigenvalue weighted by Gasteiger charge is 2.57. The molecule has 2 aromatic rings. The van der Waals surface area contributed by atoms with Crippen molar-refractivity contribution in [2.24, 2.45) is 7.05 Å². The van der Waals surface area contributed by atoms with Crippen LogP contribution in [-0.2, 0) is 27.4 Å². The topological polar surface area (TPSA) is 123 Å². The number of imidazole rings is 1. The van der Waals surface area contributed by atoms with Crippen LogP contribution in [0.3, 0.4) is 0 Å². The number of amides is 1. The molecule has 0 radical (unpaired) electrons. The first-order valence-corrected chi connectivity index (χ1v) is 10.5. The molecule has 0 aliphatic rings. The number of aryl methyl sites for hydroxylation is 1. The Bertz CT molecular complexity index is 992. The Hall–Kier alpha value is -2.48. The Morgan fingerprint density at radius 1 is 1.23 bits per heavy atom. The van der Waals surface area contributed by atoms with Gasteiger partial charge < -0.3 is 19.7 Å². The van der Waals surface area contributed by atoms with Gasteiger partial charge in [0.2, 0.25) is 15.6 Å². The van der Waals surface area contributed by atoms with Crippen LogP contribution >= 0.6 is 0 Å². The summed E-state index contributed by atoms with van der Waals surface area (Å²) in [7, 11) is -1.04. The van der Waals surface area contributed by atoms with Gasteiger partial charge in [0.05, 0.1) is 11.5 Å². The number of hydrogen-bond acceptors (Lipinski definition) is 6. The van der Waals surface area contributed by atoms with Crippen LogP contribution in [0.15, 0.2) is 41.6 Å². The lowest BCUT2D eigenvalue weighted by Crippen LogP contribution is -2.46. The third-order valence-electron chi connectivity index (χ3n) is 4.46. The van der Waals surface area contributed by atoms with Crippen LogP contribution in [0, 0.1) is 0 Å². The van der Waals surface area contributed by atoms with Gasteiger partial charge >= 0.3 is 6.18 Å². The van der Waals surface area contributed by atoms with E-state index in [1.54, 1.807) is 0 Å². The zero-order chi connectivity index (χ0) is 23.3. The number of carbonyl (C=O) groups excluding carboxylic acids is 1. The smallest absolute Gasteiger partial charge is 0.383 e. The van der Waals surface area contributed by atoms with Crippen LogP contribution in [0.4, 0.5) is 13.2 Å². The summed E-state index contributed by atoms with van der Waals surface area (Å²) in [5, 5.41) is 12.5. The van der Waals surface area contributed by atoms with Gasteiger partial charge in [0.25, 0.3) is 5.91 Å². The summed E-state index contributed by atoms with van der Waals surface area (Å²) in [6, 6.07) is 4.86. The first kappa shape index (κ1) is 24.8. The summed E-state index contributed by atoms with van der Waals surface area (Å²) in [6.07, 6.45) is -3.47. The highest BCUT2D eigenvalue weighted by molar-refractivity contribution is 7.89. The van der Waals surface area contributed by atoms with E-state index in [0.717, 1.165) is 10.8 Å². The molecule has 31 heavy (non-hydrogen) atoms. The van der Waals surface area contributed by atoms with E-state index in [1.807, 2.05) is 0 Å². The summed E-state index contributed by atoms with van der Waals surface area (Å²) < 4.78 is 72.7. The molecular formula is C18H23F3N4O5S. The lowest BCUT2D eigenvalue weighted by molar-refractivity contribution is -0.272. The molecule has 1 atom stereocenters. The van der Waals surface area contributed by atoms with E-state index in [4.69, 9.17) is 4.74 Å². The highest BCUT2D eigenvalue weighted by atomic mass is 32.2. The summed E-state index contributed by atoms with van der Waals surface area (Å²) >= 11 is 0. The standard InChI is InChI=1S/C18H23F3N4O5S/c1-25-11-9-23-16(25)17(27,18(19,20)21)7-8-22-15(26)13-3-5-14(6-4-13)31(28,29)24-10-12-30-2/h3-6,9,11,24,27H,7-8,10,12H2,1-2H3,(H,22,26). The van der Waals surface area contributed by atoms with Crippen molar-refractivity contribution in [3.63, 3.8) is 0 Å². The van der Waals surface area contributed by atoms with Crippen molar-refractivity contribution in [2.75, 3.05) is 26.8 Å². The Morgan fingerprint density at radius 3 is 2.39 bits per heavy atom. The van der Waals surface area contributed by atoms with Gasteiger partial charge in [-0.2, -0.15) is 13.2 Å². The van der Waals surface area contributed by atoms with E-state index in [9.17, 15) is 31.5 Å². The predicted octanol–water partition coefficient (Wildman–Crippen LogP) is 0.915. The number of aromatic nitrogens is 2. The van der Waals surface area contributed by atoms with Gasteiger partial charge in [-0.3, -0.25) is 4.79 Å². The molecule has 3 N–H and O–H groups in total. The van der Waals surface area contributed by atoms with Crippen LogP contribution in [0.5, 0.6) is 0 Å². The first-order chi connectivity index (χ1) is 14.4. The average Bonchev–Trinajstić information content (AvgIpc) is 3.13. The number of methoxy groups -OCH3 is 1. The second-order valence-corrected chi connectivity index (χ2v) is 8.41. The maximum Gasteiger partial charge on any atom is 0.424 e. The third kappa shape index (κ3) is 5.81. The van der Waals surface area contributed by atoms with Gasteiger partial charge in [-0.25, -0.2) is 18.1 Å². The van der Waals surface area contributed by atoms with Crippen molar-refractivity contribution in [2.45, 2.75) is 23.1 Å². The normalized spacial score (nSPS) is 14.3. The van der Waals surface area contributed by atoms with Crippen molar-refractivity contribution in [3.8, 4) is 0 Å². The number of sulfonamides is 1. The SMILES string of the molecule is COCCNS(=O)(=O)c1ccc(C(=O)NCCC(O)(c2nccn2C)C(F)(F)F)cc1. The molecule has 0 aliphatic carbocycles. The molecule has 0 saturated heterocycles. The van der Waals surface area contributed by atoms with Gasteiger partial charge in [0.15, 0.2) is 0 Å². The minimum absolute atomic E-state index is 0.0448. The second kappa shape index (κ2) is 9.77. The summed E-state index contributed by atoms with van der Waals surface area (Å²) in [5.41, 5.74) is -3.20. The van der Waals surface area contributed by atoms with E-state index in [1.165, 1.54) is 44.6 Å². The second-order valence-electron chi connectivity index (χ2n) is 6.64. The molecule has 172 valence electrons. The summed E-state index contributed by atoms with van der Waals surface area (Å²) in [6.45, 7) is -0.248. The fourth-order valence-electron chi connectivity index (χ4n) is 2.75. The number of nitrogens with zero attached hydrogens (tertiary/aromatic N) is 2. The van der Waals surface area contributed by atoms with Crippen molar-refractivity contribution in [3.05, 3.63) is 48.0 Å². The molecular weight excluding hydrogens is 441 g/mol. The van der Waals surface area contributed by atoms with E-state index in [0.29, 0.717) is 0 Å². The maximum absolute atomic E-state index is 13.5. The number of benzene rings is 1. The Balaban J connectivity index is 2.03. The molecule has 1 aromatic heterocycles. The van der Waals surface area contributed by atoms with E-state index in [-0.39, 0.29) is 23.6 Å². The number of halogens is 3. The number of alkyl halides is 3. The Kier molecular flexibility index (Phi) is 7.81. The number of hydrogen-bond donors (Lipinski definition) is 3. The van der Waals surface area contributed by atoms with Crippen LogP contribution in [0.1, 0.15) is 22.6 Å². The van der Waals surface area contributed by atoms with Gasteiger partial charge in [0.1, 0.15) is 5.82 Å². The highest BCUT2D eigenvalue weighted by Crippen LogP contribution is 2.40. The fourth-order valence-corrected chi connectivity index (χ4v) is 3.76. The maximum atomic E-state index is 13.5. The number of carbonyl (C=O) groups is 1. The number of aliphatic hydroxyl groups is 1. The zero-order valence-electron chi connectivity index (χ0n) is 16.8. The van der Waals surface area contributed by atoms with Gasteiger partial charge in [0, 0.05) is 51.6 Å². The Morgan fingerprint density at radius 2 is 1.87 bits per heavy atom.